The molecule has 57 heavy (non-hydrogen) atoms. The molecule has 4 nitrogen and oxygen atoms in total. The molecule has 7 aromatic carbocycles. The Labute approximate surface area is 330 Å². The molecule has 0 amide bonds. The second-order valence-corrected chi connectivity index (χ2v) is 14.7. The third kappa shape index (κ3) is 4.78. The fourth-order valence-corrected chi connectivity index (χ4v) is 9.42. The van der Waals surface area contributed by atoms with Gasteiger partial charge in [0.25, 0.3) is 0 Å². The minimum atomic E-state index is -0.573. The molecular formula is C53H30N4. The Morgan fingerprint density at radius 1 is 0.456 bits per heavy atom. The molecule has 0 atom stereocenters. The van der Waals surface area contributed by atoms with E-state index in [9.17, 15) is 5.26 Å². The van der Waals surface area contributed by atoms with Crippen molar-refractivity contribution in [2.24, 2.45) is 0 Å². The number of benzene rings is 7. The van der Waals surface area contributed by atoms with Crippen LogP contribution in [0.2, 0.25) is 0 Å². The summed E-state index contributed by atoms with van der Waals surface area (Å²) in [6.07, 6.45) is 3.41. The van der Waals surface area contributed by atoms with Gasteiger partial charge in [-0.05, 0) is 132 Å². The molecule has 4 heteroatoms. The second kappa shape index (κ2) is 12.6. The predicted octanol–water partition coefficient (Wildman–Crippen LogP) is 13.1. The molecule has 2 aliphatic carbocycles. The van der Waals surface area contributed by atoms with Crippen molar-refractivity contribution in [1.29, 1.82) is 5.26 Å². The molecule has 2 aliphatic rings. The summed E-state index contributed by atoms with van der Waals surface area (Å²) in [5.74, 6) is 0. The number of fused-ring (bicyclic) bond motifs is 12. The number of hydrogen-bond donors (Lipinski definition) is 0. The third-order valence-corrected chi connectivity index (χ3v) is 11.8. The van der Waals surface area contributed by atoms with Crippen molar-refractivity contribution < 1.29 is 0 Å². The summed E-state index contributed by atoms with van der Waals surface area (Å²) in [5.41, 5.74) is 18.6. The van der Waals surface area contributed by atoms with Gasteiger partial charge >= 0.3 is 0 Å². The number of pyridine rings is 2. The first-order valence-corrected chi connectivity index (χ1v) is 19.0. The minimum absolute atomic E-state index is 0.572. The Morgan fingerprint density at radius 2 is 1.07 bits per heavy atom. The summed E-state index contributed by atoms with van der Waals surface area (Å²) < 4.78 is 0. The Balaban J connectivity index is 1.19. The van der Waals surface area contributed by atoms with Crippen LogP contribution >= 0.6 is 0 Å². The fourth-order valence-electron chi connectivity index (χ4n) is 9.42. The van der Waals surface area contributed by atoms with Gasteiger partial charge in [0, 0.05) is 18.0 Å². The van der Waals surface area contributed by atoms with E-state index in [0.29, 0.717) is 11.3 Å². The van der Waals surface area contributed by atoms with E-state index in [-0.39, 0.29) is 0 Å². The Kier molecular flexibility index (Phi) is 7.17. The van der Waals surface area contributed by atoms with E-state index < -0.39 is 5.41 Å². The first kappa shape index (κ1) is 32.5. The van der Waals surface area contributed by atoms with Gasteiger partial charge in [0.2, 0.25) is 0 Å². The zero-order chi connectivity index (χ0) is 38.1. The van der Waals surface area contributed by atoms with Gasteiger partial charge < -0.3 is 0 Å². The van der Waals surface area contributed by atoms with Gasteiger partial charge in [-0.3, -0.25) is 9.97 Å². The summed E-state index contributed by atoms with van der Waals surface area (Å²) in [6, 6.07) is 62.6. The predicted molar refractivity (Wildman–Crippen MR) is 229 cm³/mol. The average molecular weight is 723 g/mol. The van der Waals surface area contributed by atoms with E-state index in [1.54, 1.807) is 24.5 Å². The summed E-state index contributed by atoms with van der Waals surface area (Å²) >= 11 is 0. The molecule has 1 spiro atoms. The SMILES string of the molecule is [C-]#[N+]c1ccnc(-c2cccc(-c3cc4c(c5ccccc35)-c3ccc(-c5cccc(-c6cc(C#N)ccn6)c5)cc3C43c4ccccc4-c4ccccc43)c2)c1. The second-order valence-electron chi connectivity index (χ2n) is 14.7. The standard InChI is InChI=1S/C53H30N4/c1-55-39-23-25-57-51(30-39)38-13-9-11-36(28-38)45-31-49-52(43-17-3-2-14-40(43)45)44-21-20-35(34-10-8-12-37(27-34)50-26-33(32-54)22-24-56-50)29-48(44)53(49)46-18-6-4-15-41(46)42-16-5-7-19-47(42)53/h2-31H. The Morgan fingerprint density at radius 3 is 1.81 bits per heavy atom. The van der Waals surface area contributed by atoms with E-state index in [2.05, 4.69) is 166 Å². The molecule has 0 fully saturated rings. The number of rotatable bonds is 4. The molecule has 262 valence electrons. The van der Waals surface area contributed by atoms with Crippen LogP contribution in [0, 0.1) is 17.9 Å². The molecule has 0 N–H and O–H groups in total. The summed E-state index contributed by atoms with van der Waals surface area (Å²) in [7, 11) is 0. The highest BCUT2D eigenvalue weighted by molar-refractivity contribution is 6.11. The van der Waals surface area contributed by atoms with Crippen molar-refractivity contribution in [2.75, 3.05) is 0 Å². The van der Waals surface area contributed by atoms with Crippen LogP contribution in [-0.4, -0.2) is 9.97 Å². The number of nitriles is 1. The van der Waals surface area contributed by atoms with Crippen molar-refractivity contribution in [3.63, 3.8) is 0 Å². The van der Waals surface area contributed by atoms with Crippen LogP contribution in [0.4, 0.5) is 5.69 Å². The van der Waals surface area contributed by atoms with Crippen molar-refractivity contribution in [3.8, 4) is 73.1 Å². The van der Waals surface area contributed by atoms with E-state index >= 15 is 0 Å². The average Bonchev–Trinajstić information content (AvgIpc) is 3.76. The van der Waals surface area contributed by atoms with Crippen LogP contribution in [0.15, 0.2) is 182 Å². The quantitative estimate of drug-likeness (QED) is 0.170. The minimum Gasteiger partial charge on any atom is -0.259 e. The van der Waals surface area contributed by atoms with E-state index in [1.165, 1.54) is 55.3 Å². The molecule has 0 saturated heterocycles. The first-order valence-electron chi connectivity index (χ1n) is 19.0. The Bertz CT molecular complexity index is 3190. The normalized spacial score (nSPS) is 12.7. The lowest BCUT2D eigenvalue weighted by molar-refractivity contribution is 0.795. The smallest absolute Gasteiger partial charge is 0.190 e. The molecule has 2 heterocycles. The topological polar surface area (TPSA) is 53.9 Å². The van der Waals surface area contributed by atoms with E-state index in [1.807, 2.05) is 12.1 Å². The molecule has 0 radical (unpaired) electrons. The molecule has 0 saturated carbocycles. The highest BCUT2D eigenvalue weighted by Crippen LogP contribution is 2.64. The number of hydrogen-bond acceptors (Lipinski definition) is 3. The molecule has 11 rings (SSSR count). The van der Waals surface area contributed by atoms with E-state index in [0.717, 1.165) is 44.8 Å². The van der Waals surface area contributed by atoms with Crippen LogP contribution in [0.3, 0.4) is 0 Å². The van der Waals surface area contributed by atoms with Crippen molar-refractivity contribution in [2.45, 2.75) is 5.41 Å². The lowest BCUT2D eigenvalue weighted by Crippen LogP contribution is -2.26. The van der Waals surface area contributed by atoms with E-state index in [4.69, 9.17) is 6.57 Å². The Hall–Kier alpha value is -7.92. The van der Waals surface area contributed by atoms with Gasteiger partial charge in [-0.25, -0.2) is 4.85 Å². The van der Waals surface area contributed by atoms with Gasteiger partial charge in [-0.2, -0.15) is 5.26 Å². The lowest BCUT2D eigenvalue weighted by Gasteiger charge is -2.31. The van der Waals surface area contributed by atoms with Crippen LogP contribution < -0.4 is 0 Å². The lowest BCUT2D eigenvalue weighted by atomic mass is 9.69. The molecule has 0 aliphatic heterocycles. The van der Waals surface area contributed by atoms with Crippen molar-refractivity contribution in [1.82, 2.24) is 9.97 Å². The zero-order valence-electron chi connectivity index (χ0n) is 30.6. The molecule has 0 bridgehead atoms. The highest BCUT2D eigenvalue weighted by Gasteiger charge is 2.52. The van der Waals surface area contributed by atoms with Crippen LogP contribution in [-0.2, 0) is 5.41 Å². The third-order valence-electron chi connectivity index (χ3n) is 11.8. The maximum atomic E-state index is 9.58. The maximum absolute atomic E-state index is 9.58. The van der Waals surface area contributed by atoms with Crippen molar-refractivity contribution in [3.05, 3.63) is 221 Å². The zero-order valence-corrected chi connectivity index (χ0v) is 30.6. The van der Waals surface area contributed by atoms with Gasteiger partial charge in [0.05, 0.1) is 35.0 Å². The summed E-state index contributed by atoms with van der Waals surface area (Å²) in [4.78, 5) is 12.9. The fraction of sp³-hybridized carbons (Fsp3) is 0.0189. The highest BCUT2D eigenvalue weighted by atomic mass is 14.7. The first-order chi connectivity index (χ1) is 28.1. The van der Waals surface area contributed by atoms with Crippen molar-refractivity contribution >= 4 is 16.5 Å². The molecular weight excluding hydrogens is 693 g/mol. The van der Waals surface area contributed by atoms with Crippen LogP contribution in [0.25, 0.3) is 82.6 Å². The van der Waals surface area contributed by atoms with Gasteiger partial charge in [0.15, 0.2) is 5.69 Å². The monoisotopic (exact) mass is 722 g/mol. The molecule has 2 aromatic heterocycles. The molecule has 0 unspecified atom stereocenters. The van der Waals surface area contributed by atoms with Gasteiger partial charge in [-0.1, -0.05) is 121 Å². The summed E-state index contributed by atoms with van der Waals surface area (Å²) in [5, 5.41) is 12.0. The number of nitrogens with zero attached hydrogens (tertiary/aromatic N) is 4. The molecule has 9 aromatic rings. The van der Waals surface area contributed by atoms with Crippen LogP contribution in [0.1, 0.15) is 27.8 Å². The maximum Gasteiger partial charge on any atom is 0.190 e. The summed E-state index contributed by atoms with van der Waals surface area (Å²) in [6.45, 7) is 7.58. The largest absolute Gasteiger partial charge is 0.259 e. The van der Waals surface area contributed by atoms with Crippen LogP contribution in [0.5, 0.6) is 0 Å². The van der Waals surface area contributed by atoms with Gasteiger partial charge in [0.1, 0.15) is 0 Å². The number of aromatic nitrogens is 2. The van der Waals surface area contributed by atoms with Gasteiger partial charge in [-0.15, -0.1) is 0 Å².